The highest BCUT2D eigenvalue weighted by atomic mass is 32.1. The fourth-order valence-electron chi connectivity index (χ4n) is 0.872. The zero-order valence-corrected chi connectivity index (χ0v) is 10.8. The highest BCUT2D eigenvalue weighted by Crippen LogP contribution is 2.12. The fourth-order valence-corrected chi connectivity index (χ4v) is 2.45. The SMILES string of the molecule is Cc1ccsc1C.Cc1cscc1C. The highest BCUT2D eigenvalue weighted by molar-refractivity contribution is 7.10. The van der Waals surface area contributed by atoms with Gasteiger partial charge in [0.15, 0.2) is 0 Å². The average molecular weight is 224 g/mol. The highest BCUT2D eigenvalue weighted by Gasteiger charge is 1.87. The molecule has 14 heavy (non-hydrogen) atoms. The lowest BCUT2D eigenvalue weighted by molar-refractivity contribution is 1.41. The molecule has 0 atom stereocenters. The Balaban J connectivity index is 0.000000140. The maximum absolute atomic E-state index is 2.16. The van der Waals surface area contributed by atoms with Crippen molar-refractivity contribution < 1.29 is 0 Å². The van der Waals surface area contributed by atoms with Gasteiger partial charge in [-0.05, 0) is 66.6 Å². The zero-order chi connectivity index (χ0) is 10.6. The molecule has 0 aromatic carbocycles. The molecule has 0 saturated heterocycles. The van der Waals surface area contributed by atoms with Crippen molar-refractivity contribution >= 4 is 22.7 Å². The summed E-state index contributed by atoms with van der Waals surface area (Å²) in [6, 6.07) is 2.14. The summed E-state index contributed by atoms with van der Waals surface area (Å²) in [4.78, 5) is 1.43. The lowest BCUT2D eigenvalue weighted by atomic mass is 10.2. The summed E-state index contributed by atoms with van der Waals surface area (Å²) < 4.78 is 0. The van der Waals surface area contributed by atoms with Crippen LogP contribution in [0.5, 0.6) is 0 Å². The smallest absolute Gasteiger partial charge is 0.00433 e. The molecule has 0 saturated carbocycles. The molecule has 2 aromatic heterocycles. The lowest BCUT2D eigenvalue weighted by Crippen LogP contribution is -1.63. The third-order valence-electron chi connectivity index (χ3n) is 2.23. The van der Waals surface area contributed by atoms with E-state index in [4.69, 9.17) is 0 Å². The molecule has 0 aliphatic rings. The van der Waals surface area contributed by atoms with Gasteiger partial charge >= 0.3 is 0 Å². The van der Waals surface area contributed by atoms with Gasteiger partial charge < -0.3 is 0 Å². The van der Waals surface area contributed by atoms with E-state index in [1.807, 2.05) is 0 Å². The van der Waals surface area contributed by atoms with Crippen LogP contribution in [0.4, 0.5) is 0 Å². The number of rotatable bonds is 0. The zero-order valence-electron chi connectivity index (χ0n) is 9.13. The van der Waals surface area contributed by atoms with Gasteiger partial charge in [-0.25, -0.2) is 0 Å². The molecule has 0 nitrogen and oxygen atoms in total. The van der Waals surface area contributed by atoms with E-state index in [1.54, 1.807) is 22.7 Å². The topological polar surface area (TPSA) is 0 Å². The molecule has 76 valence electrons. The Kier molecular flexibility index (Phi) is 4.36. The maximum Gasteiger partial charge on any atom is 0.00433 e. The summed E-state index contributed by atoms with van der Waals surface area (Å²) in [7, 11) is 0. The van der Waals surface area contributed by atoms with Crippen molar-refractivity contribution in [1.29, 1.82) is 0 Å². The van der Waals surface area contributed by atoms with Gasteiger partial charge in [-0.3, -0.25) is 0 Å². The minimum atomic E-state index is 1.41. The van der Waals surface area contributed by atoms with Gasteiger partial charge in [0.2, 0.25) is 0 Å². The molecule has 2 rings (SSSR count). The van der Waals surface area contributed by atoms with Crippen molar-refractivity contribution in [2.45, 2.75) is 27.7 Å². The van der Waals surface area contributed by atoms with Crippen LogP contribution in [0.15, 0.2) is 22.2 Å². The second-order valence-electron chi connectivity index (χ2n) is 3.40. The second kappa shape index (κ2) is 5.32. The van der Waals surface area contributed by atoms with E-state index in [0.717, 1.165) is 0 Å². The Hall–Kier alpha value is -0.600. The van der Waals surface area contributed by atoms with Crippen LogP contribution in [0, 0.1) is 27.7 Å². The normalized spacial score (nSPS) is 9.43. The summed E-state index contributed by atoms with van der Waals surface area (Å²) >= 11 is 3.57. The van der Waals surface area contributed by atoms with E-state index < -0.39 is 0 Å². The van der Waals surface area contributed by atoms with Crippen molar-refractivity contribution in [2.24, 2.45) is 0 Å². The lowest BCUT2D eigenvalue weighted by Gasteiger charge is -1.79. The Morgan fingerprint density at radius 3 is 1.57 bits per heavy atom. The summed E-state index contributed by atoms with van der Waals surface area (Å²) in [6.07, 6.45) is 0. The van der Waals surface area contributed by atoms with Crippen molar-refractivity contribution in [3.8, 4) is 0 Å². The summed E-state index contributed by atoms with van der Waals surface area (Å²) in [5.74, 6) is 0. The monoisotopic (exact) mass is 224 g/mol. The summed E-state index contributed by atoms with van der Waals surface area (Å²) in [5.41, 5.74) is 4.22. The van der Waals surface area contributed by atoms with Crippen LogP contribution in [0.25, 0.3) is 0 Å². The Morgan fingerprint density at radius 1 is 0.857 bits per heavy atom. The predicted molar refractivity (Wildman–Crippen MR) is 67.6 cm³/mol. The molecule has 2 aromatic rings. The van der Waals surface area contributed by atoms with E-state index in [-0.39, 0.29) is 0 Å². The summed E-state index contributed by atoms with van der Waals surface area (Å²) in [6.45, 7) is 8.53. The van der Waals surface area contributed by atoms with Gasteiger partial charge in [0, 0.05) is 4.88 Å². The van der Waals surface area contributed by atoms with E-state index in [9.17, 15) is 0 Å². The first-order valence-corrected chi connectivity index (χ1v) is 6.43. The molecule has 0 amide bonds. The van der Waals surface area contributed by atoms with Crippen LogP contribution in [0.2, 0.25) is 0 Å². The van der Waals surface area contributed by atoms with Crippen molar-refractivity contribution in [2.75, 3.05) is 0 Å². The van der Waals surface area contributed by atoms with Crippen LogP contribution in [-0.4, -0.2) is 0 Å². The van der Waals surface area contributed by atoms with Gasteiger partial charge in [0.25, 0.3) is 0 Å². The third-order valence-corrected chi connectivity index (χ3v) is 4.16. The molecule has 0 aliphatic heterocycles. The molecule has 0 bridgehead atoms. The molecule has 0 unspecified atom stereocenters. The van der Waals surface area contributed by atoms with Crippen LogP contribution in [0.3, 0.4) is 0 Å². The second-order valence-corrected chi connectivity index (χ2v) is 5.26. The first-order chi connectivity index (χ1) is 6.61. The molecule has 0 N–H and O–H groups in total. The fraction of sp³-hybridized carbons (Fsp3) is 0.333. The maximum atomic E-state index is 2.16. The molecule has 0 aliphatic carbocycles. The molecular weight excluding hydrogens is 208 g/mol. The van der Waals surface area contributed by atoms with Gasteiger partial charge in [0.1, 0.15) is 0 Å². The van der Waals surface area contributed by atoms with E-state index in [0.29, 0.717) is 0 Å². The standard InChI is InChI=1S/2C6H8S/c1-5-3-7-4-6(5)2;1-5-3-4-7-6(5)2/h2*3-4H,1-2H3. The largest absolute Gasteiger partial charge is 0.152 e. The molecule has 2 heteroatoms. The molecule has 0 spiro atoms. The third kappa shape index (κ3) is 3.28. The number of hydrogen-bond acceptors (Lipinski definition) is 2. The van der Waals surface area contributed by atoms with Gasteiger partial charge in [-0.1, -0.05) is 0 Å². The number of thiophene rings is 2. The predicted octanol–water partition coefficient (Wildman–Crippen LogP) is 4.73. The van der Waals surface area contributed by atoms with Crippen molar-refractivity contribution in [3.63, 3.8) is 0 Å². The first kappa shape index (κ1) is 11.5. The van der Waals surface area contributed by atoms with Gasteiger partial charge in [-0.15, -0.1) is 11.3 Å². The Morgan fingerprint density at radius 2 is 1.43 bits per heavy atom. The van der Waals surface area contributed by atoms with Crippen LogP contribution in [0.1, 0.15) is 21.6 Å². The van der Waals surface area contributed by atoms with Crippen LogP contribution >= 0.6 is 22.7 Å². The van der Waals surface area contributed by atoms with E-state index >= 15 is 0 Å². The van der Waals surface area contributed by atoms with E-state index in [1.165, 1.54) is 21.6 Å². The minimum absolute atomic E-state index is 1.41. The molecule has 0 radical (unpaired) electrons. The quantitative estimate of drug-likeness (QED) is 0.607. The molecule has 2 heterocycles. The average Bonchev–Trinajstić information content (AvgIpc) is 2.67. The Labute approximate surface area is 94.2 Å². The number of aryl methyl sites for hydroxylation is 4. The van der Waals surface area contributed by atoms with Crippen LogP contribution in [-0.2, 0) is 0 Å². The van der Waals surface area contributed by atoms with Crippen molar-refractivity contribution in [1.82, 2.24) is 0 Å². The first-order valence-electron chi connectivity index (χ1n) is 4.61. The van der Waals surface area contributed by atoms with Crippen LogP contribution < -0.4 is 0 Å². The van der Waals surface area contributed by atoms with Crippen molar-refractivity contribution in [3.05, 3.63) is 43.8 Å². The molecular formula is C12H16S2. The Bertz CT molecular complexity index is 311. The van der Waals surface area contributed by atoms with Gasteiger partial charge in [-0.2, -0.15) is 11.3 Å². The molecule has 0 fully saturated rings. The van der Waals surface area contributed by atoms with E-state index in [2.05, 4.69) is 49.9 Å². The summed E-state index contributed by atoms with van der Waals surface area (Å²) in [5, 5.41) is 6.44. The number of hydrogen-bond donors (Lipinski definition) is 0. The minimum Gasteiger partial charge on any atom is -0.152 e. The van der Waals surface area contributed by atoms with Gasteiger partial charge in [0.05, 0.1) is 0 Å².